The first kappa shape index (κ1) is 15.2. The first-order valence-corrected chi connectivity index (χ1v) is 8.88. The summed E-state index contributed by atoms with van der Waals surface area (Å²) in [6, 6.07) is 4.08. The van der Waals surface area contributed by atoms with Crippen LogP contribution in [0.1, 0.15) is 23.5 Å². The highest BCUT2D eigenvalue weighted by molar-refractivity contribution is 7.99. The van der Waals surface area contributed by atoms with Crippen molar-refractivity contribution in [3.05, 3.63) is 28.2 Å². The summed E-state index contributed by atoms with van der Waals surface area (Å²) in [5.41, 5.74) is 0. The number of thioether (sulfide) groups is 1. The maximum Gasteiger partial charge on any atom is 0.239 e. The molecule has 22 heavy (non-hydrogen) atoms. The average Bonchev–Trinajstić information content (AvgIpc) is 3.22. The number of likely N-dealkylation sites (tertiary alicyclic amines) is 1. The highest BCUT2D eigenvalue weighted by Gasteiger charge is 2.26. The number of amides is 2. The standard InChI is InChI=1S/C14H16N4O2S2/c1-17-11(8-10-4-3-7-21-10)15-16-14(17)22-9-13(20)18-6-2-5-12(18)19/h3-4,7H,2,5-6,8-9H2,1H3. The fourth-order valence-corrected chi connectivity index (χ4v) is 3.82. The van der Waals surface area contributed by atoms with Crippen molar-refractivity contribution in [2.45, 2.75) is 24.4 Å². The lowest BCUT2D eigenvalue weighted by atomic mass is 10.3. The molecule has 3 rings (SSSR count). The van der Waals surface area contributed by atoms with E-state index in [-0.39, 0.29) is 17.6 Å². The number of imide groups is 1. The maximum absolute atomic E-state index is 12.0. The summed E-state index contributed by atoms with van der Waals surface area (Å²) in [6.07, 6.45) is 1.98. The van der Waals surface area contributed by atoms with Gasteiger partial charge in [0.1, 0.15) is 5.82 Å². The number of carbonyl (C=O) groups excluding carboxylic acids is 2. The molecule has 0 saturated carbocycles. The van der Waals surface area contributed by atoms with Gasteiger partial charge in [-0.05, 0) is 17.9 Å². The predicted molar refractivity (Wildman–Crippen MR) is 84.8 cm³/mol. The second-order valence-corrected chi connectivity index (χ2v) is 7.02. The van der Waals surface area contributed by atoms with Gasteiger partial charge in [-0.2, -0.15) is 0 Å². The summed E-state index contributed by atoms with van der Waals surface area (Å²) in [5, 5.41) is 11.1. The zero-order valence-corrected chi connectivity index (χ0v) is 13.8. The average molecular weight is 336 g/mol. The van der Waals surface area contributed by atoms with Crippen LogP contribution in [-0.4, -0.2) is 43.8 Å². The van der Waals surface area contributed by atoms with Gasteiger partial charge in [0.05, 0.1) is 5.75 Å². The number of nitrogens with zero attached hydrogens (tertiary/aromatic N) is 4. The molecular formula is C14H16N4O2S2. The Morgan fingerprint density at radius 1 is 1.45 bits per heavy atom. The normalized spacial score (nSPS) is 14.8. The van der Waals surface area contributed by atoms with Crippen LogP contribution >= 0.6 is 23.1 Å². The molecule has 8 heteroatoms. The van der Waals surface area contributed by atoms with E-state index >= 15 is 0 Å². The van der Waals surface area contributed by atoms with Crippen LogP contribution in [0.15, 0.2) is 22.7 Å². The van der Waals surface area contributed by atoms with Gasteiger partial charge in [0, 0.05) is 31.3 Å². The monoisotopic (exact) mass is 336 g/mol. The Hall–Kier alpha value is -1.67. The zero-order valence-electron chi connectivity index (χ0n) is 12.2. The highest BCUT2D eigenvalue weighted by atomic mass is 32.2. The van der Waals surface area contributed by atoms with E-state index in [4.69, 9.17) is 0 Å². The van der Waals surface area contributed by atoms with Crippen LogP contribution in [0.3, 0.4) is 0 Å². The fraction of sp³-hybridized carbons (Fsp3) is 0.429. The smallest absolute Gasteiger partial charge is 0.239 e. The van der Waals surface area contributed by atoms with Gasteiger partial charge in [0.15, 0.2) is 5.16 Å². The summed E-state index contributed by atoms with van der Waals surface area (Å²) >= 11 is 3.01. The Labute approximate surface area is 136 Å². The van der Waals surface area contributed by atoms with Gasteiger partial charge in [-0.3, -0.25) is 14.5 Å². The lowest BCUT2D eigenvalue weighted by Crippen LogP contribution is -2.33. The summed E-state index contributed by atoms with van der Waals surface area (Å²) in [6.45, 7) is 0.542. The van der Waals surface area contributed by atoms with Gasteiger partial charge < -0.3 is 4.57 Å². The molecule has 0 spiro atoms. The molecule has 2 aromatic heterocycles. The van der Waals surface area contributed by atoms with E-state index in [2.05, 4.69) is 16.3 Å². The minimum absolute atomic E-state index is 0.0676. The number of hydrogen-bond acceptors (Lipinski definition) is 6. The van der Waals surface area contributed by atoms with E-state index in [1.807, 2.05) is 23.1 Å². The van der Waals surface area contributed by atoms with Crippen LogP contribution in [0.25, 0.3) is 0 Å². The fourth-order valence-electron chi connectivity index (χ4n) is 2.31. The highest BCUT2D eigenvalue weighted by Crippen LogP contribution is 2.20. The first-order valence-electron chi connectivity index (χ1n) is 7.02. The van der Waals surface area contributed by atoms with Gasteiger partial charge in [0.2, 0.25) is 11.8 Å². The molecule has 0 atom stereocenters. The molecule has 0 bridgehead atoms. The summed E-state index contributed by atoms with van der Waals surface area (Å²) < 4.78 is 1.91. The van der Waals surface area contributed by atoms with E-state index < -0.39 is 0 Å². The van der Waals surface area contributed by atoms with Gasteiger partial charge in [-0.1, -0.05) is 17.8 Å². The Bertz CT molecular complexity index is 681. The Kier molecular flexibility index (Phi) is 4.58. The minimum atomic E-state index is -0.143. The topological polar surface area (TPSA) is 68.1 Å². The molecule has 3 heterocycles. The predicted octanol–water partition coefficient (Wildman–Crippen LogP) is 1.71. The third kappa shape index (κ3) is 3.22. The molecule has 0 N–H and O–H groups in total. The Morgan fingerprint density at radius 2 is 2.32 bits per heavy atom. The van der Waals surface area contributed by atoms with E-state index in [9.17, 15) is 9.59 Å². The number of hydrogen-bond donors (Lipinski definition) is 0. The second kappa shape index (κ2) is 6.62. The molecule has 1 aliphatic rings. The van der Waals surface area contributed by atoms with Crippen molar-refractivity contribution in [2.75, 3.05) is 12.3 Å². The van der Waals surface area contributed by atoms with Crippen LogP contribution in [0.4, 0.5) is 0 Å². The Balaban J connectivity index is 1.60. The molecule has 1 fully saturated rings. The molecule has 1 aliphatic heterocycles. The van der Waals surface area contributed by atoms with Crippen molar-refractivity contribution in [3.63, 3.8) is 0 Å². The molecule has 0 unspecified atom stereocenters. The molecule has 6 nitrogen and oxygen atoms in total. The SMILES string of the molecule is Cn1c(Cc2cccs2)nnc1SCC(=O)N1CCCC1=O. The molecule has 2 amide bonds. The molecule has 0 radical (unpaired) electrons. The van der Waals surface area contributed by atoms with E-state index in [0.717, 1.165) is 18.7 Å². The summed E-state index contributed by atoms with van der Waals surface area (Å²) in [5.74, 6) is 0.878. The van der Waals surface area contributed by atoms with Gasteiger partial charge in [-0.15, -0.1) is 21.5 Å². The van der Waals surface area contributed by atoms with Crippen molar-refractivity contribution in [1.82, 2.24) is 19.7 Å². The quantitative estimate of drug-likeness (QED) is 0.778. The summed E-state index contributed by atoms with van der Waals surface area (Å²) in [4.78, 5) is 26.1. The van der Waals surface area contributed by atoms with Crippen molar-refractivity contribution < 1.29 is 9.59 Å². The second-order valence-electron chi connectivity index (χ2n) is 5.05. The van der Waals surface area contributed by atoms with Gasteiger partial charge in [0.25, 0.3) is 0 Å². The minimum Gasteiger partial charge on any atom is -0.309 e. The van der Waals surface area contributed by atoms with E-state index in [0.29, 0.717) is 18.1 Å². The van der Waals surface area contributed by atoms with Gasteiger partial charge in [-0.25, -0.2) is 0 Å². The first-order chi connectivity index (χ1) is 10.6. The molecule has 0 aliphatic carbocycles. The Morgan fingerprint density at radius 3 is 3.00 bits per heavy atom. The maximum atomic E-state index is 12.0. The third-order valence-electron chi connectivity index (χ3n) is 3.54. The van der Waals surface area contributed by atoms with Crippen LogP contribution in [0, 0.1) is 0 Å². The summed E-state index contributed by atoms with van der Waals surface area (Å²) in [7, 11) is 1.90. The van der Waals surface area contributed by atoms with E-state index in [1.165, 1.54) is 21.5 Å². The van der Waals surface area contributed by atoms with Crippen molar-refractivity contribution in [3.8, 4) is 0 Å². The number of rotatable bonds is 5. The molecule has 1 saturated heterocycles. The molecular weight excluding hydrogens is 320 g/mol. The van der Waals surface area contributed by atoms with Crippen molar-refractivity contribution in [2.24, 2.45) is 7.05 Å². The molecule has 116 valence electrons. The van der Waals surface area contributed by atoms with Crippen molar-refractivity contribution in [1.29, 1.82) is 0 Å². The molecule has 0 aromatic carbocycles. The lowest BCUT2D eigenvalue weighted by Gasteiger charge is -2.12. The van der Waals surface area contributed by atoms with Crippen molar-refractivity contribution >= 4 is 34.9 Å². The van der Waals surface area contributed by atoms with Crippen LogP contribution in [0.5, 0.6) is 0 Å². The number of thiophene rings is 1. The zero-order chi connectivity index (χ0) is 15.5. The van der Waals surface area contributed by atoms with Crippen LogP contribution in [0.2, 0.25) is 0 Å². The van der Waals surface area contributed by atoms with E-state index in [1.54, 1.807) is 11.3 Å². The number of carbonyl (C=O) groups is 2. The molecule has 2 aromatic rings. The van der Waals surface area contributed by atoms with Crippen LogP contribution < -0.4 is 0 Å². The largest absolute Gasteiger partial charge is 0.309 e. The lowest BCUT2D eigenvalue weighted by molar-refractivity contribution is -0.140. The number of aromatic nitrogens is 3. The third-order valence-corrected chi connectivity index (χ3v) is 5.42. The van der Waals surface area contributed by atoms with Crippen LogP contribution in [-0.2, 0) is 23.1 Å². The van der Waals surface area contributed by atoms with Gasteiger partial charge >= 0.3 is 0 Å².